The van der Waals surface area contributed by atoms with E-state index in [-0.39, 0.29) is 12.2 Å². The fourth-order valence-electron chi connectivity index (χ4n) is 2.69. The molecule has 2 aromatic rings. The summed E-state index contributed by atoms with van der Waals surface area (Å²) >= 11 is 0. The average Bonchev–Trinajstić information content (AvgIpc) is 2.94. The van der Waals surface area contributed by atoms with Gasteiger partial charge in [0.05, 0.1) is 12.7 Å². The lowest BCUT2D eigenvalue weighted by Crippen LogP contribution is -2.37. The number of methoxy groups -OCH3 is 1. The number of rotatable bonds is 5. The third-order valence-corrected chi connectivity index (χ3v) is 4.17. The fourth-order valence-corrected chi connectivity index (χ4v) is 2.69. The molecule has 144 valence electrons. The fraction of sp³-hybridized carbons (Fsp3) is 0.353. The van der Waals surface area contributed by atoms with Crippen LogP contribution in [-0.2, 0) is 9.47 Å². The maximum atomic E-state index is 12.1. The van der Waals surface area contributed by atoms with Crippen LogP contribution in [0.1, 0.15) is 16.6 Å². The molecule has 1 aliphatic rings. The SMILES string of the molecule is COc1ccc(C(=O)OC[C@H]2O[C@@H](n3ccc(=O)[nH]c3=O)[C@H](O)[C@@H]2O)cc1. The van der Waals surface area contributed by atoms with Crippen LogP contribution in [-0.4, -0.2) is 57.8 Å². The number of carbonyl (C=O) groups excluding carboxylic acids is 1. The number of aliphatic hydroxyl groups is 2. The van der Waals surface area contributed by atoms with Crippen LogP contribution in [0.5, 0.6) is 5.75 Å². The minimum absolute atomic E-state index is 0.275. The topological polar surface area (TPSA) is 140 Å². The van der Waals surface area contributed by atoms with Crippen LogP contribution >= 0.6 is 0 Å². The summed E-state index contributed by atoms with van der Waals surface area (Å²) in [7, 11) is 1.50. The number of nitrogens with one attached hydrogen (secondary N) is 1. The van der Waals surface area contributed by atoms with Crippen molar-refractivity contribution >= 4 is 5.97 Å². The van der Waals surface area contributed by atoms with Crippen molar-refractivity contribution in [2.45, 2.75) is 24.5 Å². The molecule has 4 atom stereocenters. The smallest absolute Gasteiger partial charge is 0.338 e. The Morgan fingerprint density at radius 1 is 1.19 bits per heavy atom. The van der Waals surface area contributed by atoms with Crippen molar-refractivity contribution in [1.82, 2.24) is 9.55 Å². The number of hydrogen-bond donors (Lipinski definition) is 3. The molecule has 3 rings (SSSR count). The molecule has 0 amide bonds. The molecule has 0 radical (unpaired) electrons. The van der Waals surface area contributed by atoms with Gasteiger partial charge in [-0.1, -0.05) is 0 Å². The molecule has 1 aliphatic heterocycles. The van der Waals surface area contributed by atoms with Gasteiger partial charge in [-0.3, -0.25) is 14.3 Å². The molecule has 0 aliphatic carbocycles. The number of esters is 1. The van der Waals surface area contributed by atoms with E-state index in [4.69, 9.17) is 14.2 Å². The van der Waals surface area contributed by atoms with Crippen LogP contribution in [0.3, 0.4) is 0 Å². The van der Waals surface area contributed by atoms with Gasteiger partial charge in [-0.2, -0.15) is 0 Å². The van der Waals surface area contributed by atoms with E-state index in [9.17, 15) is 24.6 Å². The van der Waals surface area contributed by atoms with Gasteiger partial charge >= 0.3 is 11.7 Å². The third-order valence-electron chi connectivity index (χ3n) is 4.17. The normalized spacial score (nSPS) is 24.6. The van der Waals surface area contributed by atoms with Crippen LogP contribution in [0, 0.1) is 0 Å². The second-order valence-electron chi connectivity index (χ2n) is 5.89. The van der Waals surface area contributed by atoms with E-state index in [1.807, 2.05) is 4.98 Å². The van der Waals surface area contributed by atoms with Crippen molar-refractivity contribution in [3.05, 3.63) is 62.9 Å². The highest BCUT2D eigenvalue weighted by Crippen LogP contribution is 2.28. The molecule has 1 aromatic heterocycles. The van der Waals surface area contributed by atoms with Crippen LogP contribution in [0.25, 0.3) is 0 Å². The van der Waals surface area contributed by atoms with E-state index in [0.29, 0.717) is 5.75 Å². The van der Waals surface area contributed by atoms with Crippen LogP contribution in [0.4, 0.5) is 0 Å². The average molecular weight is 378 g/mol. The summed E-state index contributed by atoms with van der Waals surface area (Å²) in [6, 6.07) is 7.32. The number of aliphatic hydroxyl groups excluding tert-OH is 2. The third kappa shape index (κ3) is 3.92. The molecule has 10 nitrogen and oxygen atoms in total. The van der Waals surface area contributed by atoms with Gasteiger partial charge in [-0.15, -0.1) is 0 Å². The Kier molecular flexibility index (Phi) is 5.40. The molecule has 0 bridgehead atoms. The number of aromatic amines is 1. The molecule has 0 unspecified atom stereocenters. The molecule has 1 saturated heterocycles. The number of aromatic nitrogens is 2. The second-order valence-corrected chi connectivity index (χ2v) is 5.89. The van der Waals surface area contributed by atoms with E-state index in [2.05, 4.69) is 0 Å². The zero-order valence-electron chi connectivity index (χ0n) is 14.3. The number of hydrogen-bond acceptors (Lipinski definition) is 8. The molecule has 3 N–H and O–H groups in total. The van der Waals surface area contributed by atoms with Crippen molar-refractivity contribution in [3.63, 3.8) is 0 Å². The molecule has 2 heterocycles. The first-order valence-electron chi connectivity index (χ1n) is 8.05. The largest absolute Gasteiger partial charge is 0.497 e. The molecule has 0 spiro atoms. The molecule has 1 fully saturated rings. The van der Waals surface area contributed by atoms with E-state index >= 15 is 0 Å². The first-order valence-corrected chi connectivity index (χ1v) is 8.05. The van der Waals surface area contributed by atoms with Gasteiger partial charge in [-0.25, -0.2) is 9.59 Å². The number of carbonyl (C=O) groups is 1. The lowest BCUT2D eigenvalue weighted by atomic mass is 10.1. The molecule has 0 saturated carbocycles. The highest BCUT2D eigenvalue weighted by atomic mass is 16.6. The highest BCUT2D eigenvalue weighted by molar-refractivity contribution is 5.89. The van der Waals surface area contributed by atoms with Crippen LogP contribution in [0.15, 0.2) is 46.1 Å². The maximum Gasteiger partial charge on any atom is 0.338 e. The van der Waals surface area contributed by atoms with Crippen molar-refractivity contribution in [2.75, 3.05) is 13.7 Å². The van der Waals surface area contributed by atoms with E-state index in [1.165, 1.54) is 19.2 Å². The Labute approximate surface area is 152 Å². The Balaban J connectivity index is 1.66. The minimum atomic E-state index is -1.45. The Morgan fingerprint density at radius 2 is 1.89 bits per heavy atom. The summed E-state index contributed by atoms with van der Waals surface area (Å²) in [6.45, 7) is -0.336. The summed E-state index contributed by atoms with van der Waals surface area (Å²) in [4.78, 5) is 37.1. The first-order chi connectivity index (χ1) is 12.9. The Bertz CT molecular complexity index is 920. The maximum absolute atomic E-state index is 12.1. The van der Waals surface area contributed by atoms with Crippen molar-refractivity contribution in [1.29, 1.82) is 0 Å². The molecule has 27 heavy (non-hydrogen) atoms. The van der Waals surface area contributed by atoms with Crippen molar-refractivity contribution < 1.29 is 29.2 Å². The molecular weight excluding hydrogens is 360 g/mol. The lowest BCUT2D eigenvalue weighted by Gasteiger charge is -2.16. The highest BCUT2D eigenvalue weighted by Gasteiger charge is 2.44. The summed E-state index contributed by atoms with van der Waals surface area (Å²) in [5.41, 5.74) is -1.12. The van der Waals surface area contributed by atoms with E-state index < -0.39 is 41.8 Å². The Hall–Kier alpha value is -2.95. The minimum Gasteiger partial charge on any atom is -0.497 e. The summed E-state index contributed by atoms with van der Waals surface area (Å²) in [5, 5.41) is 20.3. The molecule has 1 aromatic carbocycles. The van der Waals surface area contributed by atoms with Gasteiger partial charge in [0.25, 0.3) is 5.56 Å². The lowest BCUT2D eigenvalue weighted by molar-refractivity contribution is -0.0599. The number of benzene rings is 1. The zero-order chi connectivity index (χ0) is 19.6. The predicted octanol–water partition coefficient (Wildman–Crippen LogP) is -0.979. The van der Waals surface area contributed by atoms with Gasteiger partial charge in [0, 0.05) is 12.3 Å². The predicted molar refractivity (Wildman–Crippen MR) is 90.5 cm³/mol. The van der Waals surface area contributed by atoms with Gasteiger partial charge in [0.2, 0.25) is 0 Å². The molecular formula is C17H18N2O8. The van der Waals surface area contributed by atoms with Crippen LogP contribution in [0.2, 0.25) is 0 Å². The van der Waals surface area contributed by atoms with E-state index in [0.717, 1.165) is 16.8 Å². The standard InChI is InChI=1S/C17H18N2O8/c1-25-10-4-2-9(3-5-10)16(23)26-8-11-13(21)14(22)15(27-11)19-7-6-12(20)18-17(19)24/h2-7,11,13-15,21-22H,8H2,1H3,(H,18,20,24)/t11-,13-,14-,15-/m1/s1. The monoisotopic (exact) mass is 378 g/mol. The van der Waals surface area contributed by atoms with Crippen molar-refractivity contribution in [2.24, 2.45) is 0 Å². The van der Waals surface area contributed by atoms with Crippen LogP contribution < -0.4 is 16.0 Å². The zero-order valence-corrected chi connectivity index (χ0v) is 14.3. The van der Waals surface area contributed by atoms with Crippen molar-refractivity contribution in [3.8, 4) is 5.75 Å². The summed E-state index contributed by atoms with van der Waals surface area (Å²) < 4.78 is 16.5. The summed E-state index contributed by atoms with van der Waals surface area (Å²) in [6.07, 6.45) is -3.97. The molecule has 10 heteroatoms. The van der Waals surface area contributed by atoms with Gasteiger partial charge in [-0.05, 0) is 24.3 Å². The number of nitrogens with zero attached hydrogens (tertiary/aromatic N) is 1. The Morgan fingerprint density at radius 3 is 2.52 bits per heavy atom. The van der Waals surface area contributed by atoms with Gasteiger partial charge in [0.15, 0.2) is 6.23 Å². The van der Waals surface area contributed by atoms with Gasteiger partial charge < -0.3 is 24.4 Å². The quantitative estimate of drug-likeness (QED) is 0.564. The van der Waals surface area contributed by atoms with E-state index in [1.54, 1.807) is 12.1 Å². The second kappa shape index (κ2) is 7.74. The number of H-pyrrole nitrogens is 1. The number of ether oxygens (including phenoxy) is 3. The van der Waals surface area contributed by atoms with Gasteiger partial charge in [0.1, 0.15) is 30.7 Å². The summed E-state index contributed by atoms with van der Waals surface area (Å²) in [5.74, 6) is -0.0639. The first kappa shape index (κ1) is 18.8.